The van der Waals surface area contributed by atoms with Gasteiger partial charge in [-0.15, -0.1) is 0 Å². The summed E-state index contributed by atoms with van der Waals surface area (Å²) in [6.45, 7) is 7.00. The molecule has 5 nitrogen and oxygen atoms in total. The number of benzene rings is 3. The lowest BCUT2D eigenvalue weighted by atomic mass is 10.0. The molecule has 3 aromatic carbocycles. The first-order valence-electron chi connectivity index (χ1n) is 11.0. The summed E-state index contributed by atoms with van der Waals surface area (Å²) in [4.78, 5) is 29.3. The number of amides is 2. The Morgan fingerprint density at radius 2 is 1.69 bits per heavy atom. The molecule has 32 heavy (non-hydrogen) atoms. The maximum absolute atomic E-state index is 12.9. The Morgan fingerprint density at radius 1 is 0.969 bits per heavy atom. The molecule has 3 aromatic rings. The molecule has 0 bridgehead atoms. The summed E-state index contributed by atoms with van der Waals surface area (Å²) in [7, 11) is 0. The van der Waals surface area contributed by atoms with Crippen LogP contribution in [0.2, 0.25) is 5.02 Å². The smallest absolute Gasteiger partial charge is 0.256 e. The second-order valence-electron chi connectivity index (χ2n) is 8.61. The normalized spacial score (nSPS) is 14.1. The number of anilines is 2. The van der Waals surface area contributed by atoms with Crippen LogP contribution in [0.25, 0.3) is 10.8 Å². The van der Waals surface area contributed by atoms with E-state index in [-0.39, 0.29) is 11.8 Å². The summed E-state index contributed by atoms with van der Waals surface area (Å²) >= 11 is 6.58. The lowest BCUT2D eigenvalue weighted by molar-refractivity contribution is -0.132. The largest absolute Gasteiger partial charge is 0.367 e. The number of carbonyl (C=O) groups excluding carboxylic acids is 2. The Kier molecular flexibility index (Phi) is 6.66. The number of nitrogens with one attached hydrogen (secondary N) is 1. The minimum atomic E-state index is -0.164. The van der Waals surface area contributed by atoms with Crippen LogP contribution in [0.1, 0.15) is 30.6 Å². The van der Waals surface area contributed by atoms with Crippen molar-refractivity contribution >= 4 is 45.6 Å². The highest BCUT2D eigenvalue weighted by Gasteiger charge is 2.23. The number of hydrogen-bond donors (Lipinski definition) is 1. The molecule has 0 aromatic heterocycles. The molecule has 1 N–H and O–H groups in total. The van der Waals surface area contributed by atoms with Crippen LogP contribution in [-0.4, -0.2) is 42.9 Å². The van der Waals surface area contributed by atoms with Crippen LogP contribution in [-0.2, 0) is 4.79 Å². The van der Waals surface area contributed by atoms with E-state index < -0.39 is 0 Å². The predicted octanol–water partition coefficient (Wildman–Crippen LogP) is 5.44. The Hall–Kier alpha value is -3.05. The molecule has 166 valence electrons. The molecule has 1 aliphatic rings. The van der Waals surface area contributed by atoms with Crippen LogP contribution in [0.15, 0.2) is 60.7 Å². The molecule has 0 aliphatic carbocycles. The highest BCUT2D eigenvalue weighted by atomic mass is 35.5. The molecule has 0 radical (unpaired) electrons. The highest BCUT2D eigenvalue weighted by Crippen LogP contribution is 2.30. The van der Waals surface area contributed by atoms with Crippen molar-refractivity contribution in [3.63, 3.8) is 0 Å². The topological polar surface area (TPSA) is 52.7 Å². The van der Waals surface area contributed by atoms with Gasteiger partial charge in [0.2, 0.25) is 5.91 Å². The second kappa shape index (κ2) is 9.61. The molecular weight excluding hydrogens is 422 g/mol. The molecular formula is C26H28ClN3O2. The van der Waals surface area contributed by atoms with E-state index in [1.807, 2.05) is 59.5 Å². The van der Waals surface area contributed by atoms with Gasteiger partial charge in [0.05, 0.1) is 10.7 Å². The van der Waals surface area contributed by atoms with E-state index in [2.05, 4.69) is 24.1 Å². The van der Waals surface area contributed by atoms with Gasteiger partial charge in [-0.1, -0.05) is 61.8 Å². The summed E-state index contributed by atoms with van der Waals surface area (Å²) in [5, 5.41) is 5.50. The van der Waals surface area contributed by atoms with Crippen molar-refractivity contribution in [2.45, 2.75) is 20.3 Å². The molecule has 1 saturated heterocycles. The van der Waals surface area contributed by atoms with Gasteiger partial charge in [-0.25, -0.2) is 0 Å². The van der Waals surface area contributed by atoms with Crippen LogP contribution in [0, 0.1) is 5.92 Å². The molecule has 0 spiro atoms. The Labute approximate surface area is 194 Å². The van der Waals surface area contributed by atoms with Crippen molar-refractivity contribution in [3.05, 3.63) is 71.2 Å². The molecule has 0 unspecified atom stereocenters. The molecule has 1 heterocycles. The second-order valence-corrected chi connectivity index (χ2v) is 9.02. The molecule has 1 fully saturated rings. The van der Waals surface area contributed by atoms with E-state index in [0.29, 0.717) is 41.7 Å². The zero-order valence-electron chi connectivity index (χ0n) is 18.5. The fourth-order valence-electron chi connectivity index (χ4n) is 4.14. The van der Waals surface area contributed by atoms with Crippen LogP contribution in [0.4, 0.5) is 11.4 Å². The summed E-state index contributed by atoms with van der Waals surface area (Å²) < 4.78 is 0. The van der Waals surface area contributed by atoms with Crippen molar-refractivity contribution in [2.75, 3.05) is 36.4 Å². The van der Waals surface area contributed by atoms with E-state index >= 15 is 0 Å². The monoisotopic (exact) mass is 449 g/mol. The summed E-state index contributed by atoms with van der Waals surface area (Å²) in [6, 6.07) is 19.1. The van der Waals surface area contributed by atoms with Crippen molar-refractivity contribution in [3.8, 4) is 0 Å². The van der Waals surface area contributed by atoms with Gasteiger partial charge < -0.3 is 15.1 Å². The van der Waals surface area contributed by atoms with Crippen molar-refractivity contribution in [2.24, 2.45) is 5.92 Å². The Balaban J connectivity index is 1.43. The number of carbonyl (C=O) groups is 2. The van der Waals surface area contributed by atoms with E-state index in [1.54, 1.807) is 6.07 Å². The summed E-state index contributed by atoms with van der Waals surface area (Å²) in [6.07, 6.45) is 0.589. The fraction of sp³-hybridized carbons (Fsp3) is 0.308. The number of fused-ring (bicyclic) bond motifs is 1. The van der Waals surface area contributed by atoms with Crippen LogP contribution < -0.4 is 10.2 Å². The van der Waals surface area contributed by atoms with E-state index in [9.17, 15) is 9.59 Å². The average Bonchev–Trinajstić information content (AvgIpc) is 2.78. The van der Waals surface area contributed by atoms with Crippen molar-refractivity contribution in [1.82, 2.24) is 4.90 Å². The highest BCUT2D eigenvalue weighted by molar-refractivity contribution is 6.33. The standard InChI is InChI=1S/C26H28ClN3O2/c1-18(2)16-25(31)30-14-12-29(13-15-30)24-11-10-20(17-23(24)27)28-26(32)22-9-5-7-19-6-3-4-8-21(19)22/h3-11,17-18H,12-16H2,1-2H3,(H,28,32). The van der Waals surface area contributed by atoms with Gasteiger partial charge >= 0.3 is 0 Å². The van der Waals surface area contributed by atoms with Gasteiger partial charge in [-0.2, -0.15) is 0 Å². The zero-order valence-corrected chi connectivity index (χ0v) is 19.2. The Morgan fingerprint density at radius 3 is 2.41 bits per heavy atom. The maximum Gasteiger partial charge on any atom is 0.256 e. The first kappa shape index (κ1) is 22.2. The van der Waals surface area contributed by atoms with E-state index in [4.69, 9.17) is 11.6 Å². The van der Waals surface area contributed by atoms with E-state index in [0.717, 1.165) is 29.5 Å². The quantitative estimate of drug-likeness (QED) is 0.564. The van der Waals surface area contributed by atoms with Gasteiger partial charge in [0.1, 0.15) is 0 Å². The summed E-state index contributed by atoms with van der Waals surface area (Å²) in [5.41, 5.74) is 2.21. The third kappa shape index (κ3) is 4.89. The Bertz CT molecular complexity index is 1130. The van der Waals surface area contributed by atoms with E-state index in [1.165, 1.54) is 0 Å². The molecule has 2 amide bonds. The molecule has 1 aliphatic heterocycles. The SMILES string of the molecule is CC(C)CC(=O)N1CCN(c2ccc(NC(=O)c3cccc4ccccc34)cc2Cl)CC1. The number of hydrogen-bond acceptors (Lipinski definition) is 3. The number of nitrogens with zero attached hydrogens (tertiary/aromatic N) is 2. The minimum absolute atomic E-state index is 0.164. The van der Waals surface area contributed by atoms with Crippen molar-refractivity contribution in [1.29, 1.82) is 0 Å². The molecule has 4 rings (SSSR count). The average molecular weight is 450 g/mol. The lowest BCUT2D eigenvalue weighted by Crippen LogP contribution is -2.49. The third-order valence-electron chi connectivity index (χ3n) is 5.80. The van der Waals surface area contributed by atoms with Crippen LogP contribution in [0.3, 0.4) is 0 Å². The van der Waals surface area contributed by atoms with Crippen LogP contribution >= 0.6 is 11.6 Å². The van der Waals surface area contributed by atoms with Crippen LogP contribution in [0.5, 0.6) is 0 Å². The fourth-order valence-corrected chi connectivity index (χ4v) is 4.44. The number of rotatable bonds is 5. The zero-order chi connectivity index (χ0) is 22.7. The first-order chi connectivity index (χ1) is 15.4. The van der Waals surface area contributed by atoms with Gasteiger partial charge in [-0.05, 0) is 41.0 Å². The minimum Gasteiger partial charge on any atom is -0.367 e. The third-order valence-corrected chi connectivity index (χ3v) is 6.10. The first-order valence-corrected chi connectivity index (χ1v) is 11.4. The van der Waals surface area contributed by atoms with Crippen molar-refractivity contribution < 1.29 is 9.59 Å². The van der Waals surface area contributed by atoms with Gasteiger partial charge in [0.25, 0.3) is 5.91 Å². The number of halogens is 1. The maximum atomic E-state index is 12.9. The van der Waals surface area contributed by atoms with Gasteiger partial charge in [0.15, 0.2) is 0 Å². The molecule has 0 atom stereocenters. The van der Waals surface area contributed by atoms with Gasteiger partial charge in [-0.3, -0.25) is 9.59 Å². The predicted molar refractivity (Wildman–Crippen MR) is 132 cm³/mol. The number of piperazine rings is 1. The summed E-state index contributed by atoms with van der Waals surface area (Å²) in [5.74, 6) is 0.423. The van der Waals surface area contributed by atoms with Gasteiger partial charge in [0, 0.05) is 43.9 Å². The molecule has 0 saturated carbocycles. The lowest BCUT2D eigenvalue weighted by Gasteiger charge is -2.36. The molecule has 6 heteroatoms.